The maximum atomic E-state index is 13.8. The van der Waals surface area contributed by atoms with Gasteiger partial charge in [0.15, 0.2) is 17.5 Å². The first-order valence-corrected chi connectivity index (χ1v) is 8.32. The second-order valence-corrected chi connectivity index (χ2v) is 6.29. The quantitative estimate of drug-likeness (QED) is 0.713. The molecule has 0 fully saturated rings. The average molecular weight is 376 g/mol. The summed E-state index contributed by atoms with van der Waals surface area (Å²) in [4.78, 5) is 20.6. The van der Waals surface area contributed by atoms with Crippen molar-refractivity contribution in [3.8, 4) is 0 Å². The van der Waals surface area contributed by atoms with Crippen molar-refractivity contribution >= 4 is 11.9 Å². The number of anilines is 1. The number of carbonyl (C=O) groups excluding carboxylic acids is 1. The Balaban J connectivity index is 1.53. The van der Waals surface area contributed by atoms with Crippen molar-refractivity contribution in [1.29, 1.82) is 0 Å². The maximum Gasteiger partial charge on any atom is 0.261 e. The summed E-state index contributed by atoms with van der Waals surface area (Å²) in [7, 11) is 0. The molecule has 1 unspecified atom stereocenters. The molecule has 1 aliphatic heterocycles. The van der Waals surface area contributed by atoms with Crippen LogP contribution in [0.5, 0.6) is 0 Å². The molecule has 0 radical (unpaired) electrons. The van der Waals surface area contributed by atoms with Gasteiger partial charge in [0.1, 0.15) is 11.6 Å². The number of hydrogen-bond acceptors (Lipinski definition) is 4. The summed E-state index contributed by atoms with van der Waals surface area (Å²) in [5.74, 6) is -3.99. The number of benzene rings is 1. The molecule has 3 aromatic rings. The van der Waals surface area contributed by atoms with Gasteiger partial charge in [-0.05, 0) is 25.5 Å². The van der Waals surface area contributed by atoms with Crippen molar-refractivity contribution in [3.63, 3.8) is 0 Å². The fourth-order valence-electron chi connectivity index (χ4n) is 3.22. The molecule has 4 rings (SSSR count). The Kier molecular flexibility index (Phi) is 4.17. The molecule has 1 aliphatic rings. The van der Waals surface area contributed by atoms with Crippen LogP contribution in [-0.4, -0.2) is 30.2 Å². The molecule has 10 heteroatoms. The molecule has 140 valence electrons. The van der Waals surface area contributed by atoms with E-state index in [-0.39, 0.29) is 12.0 Å². The van der Waals surface area contributed by atoms with Crippen molar-refractivity contribution in [3.05, 3.63) is 59.2 Å². The van der Waals surface area contributed by atoms with Crippen LogP contribution in [0.2, 0.25) is 0 Å². The Labute approximate surface area is 151 Å². The minimum absolute atomic E-state index is 0.0119. The van der Waals surface area contributed by atoms with Crippen LogP contribution in [0.3, 0.4) is 0 Å². The van der Waals surface area contributed by atoms with Gasteiger partial charge in [0.25, 0.3) is 5.91 Å². The number of halogens is 3. The van der Waals surface area contributed by atoms with Crippen molar-refractivity contribution in [1.82, 2.24) is 24.3 Å². The van der Waals surface area contributed by atoms with Crippen LogP contribution in [0.25, 0.3) is 0 Å². The van der Waals surface area contributed by atoms with Crippen LogP contribution in [0.4, 0.5) is 19.1 Å². The molecule has 1 aromatic carbocycles. The summed E-state index contributed by atoms with van der Waals surface area (Å²) in [5.41, 5.74) is -0.617. The summed E-state index contributed by atoms with van der Waals surface area (Å²) in [6, 6.07) is 1.72. The molecular weight excluding hydrogens is 361 g/mol. The van der Waals surface area contributed by atoms with Crippen LogP contribution < -0.4 is 5.32 Å². The van der Waals surface area contributed by atoms with Gasteiger partial charge in [-0.1, -0.05) is 0 Å². The Bertz CT molecular complexity index is 1030. The lowest BCUT2D eigenvalue weighted by atomic mass is 10.1. The molecule has 0 saturated heterocycles. The van der Waals surface area contributed by atoms with E-state index < -0.39 is 28.9 Å². The van der Waals surface area contributed by atoms with Gasteiger partial charge in [-0.3, -0.25) is 10.1 Å². The third-order valence-corrected chi connectivity index (χ3v) is 4.59. The van der Waals surface area contributed by atoms with E-state index in [1.54, 1.807) is 10.9 Å². The molecule has 0 saturated carbocycles. The zero-order valence-corrected chi connectivity index (χ0v) is 14.3. The van der Waals surface area contributed by atoms with Gasteiger partial charge < -0.3 is 4.57 Å². The summed E-state index contributed by atoms with van der Waals surface area (Å²) in [5, 5.41) is 6.56. The summed E-state index contributed by atoms with van der Waals surface area (Å²) in [6.45, 7) is 2.47. The van der Waals surface area contributed by atoms with E-state index in [1.807, 2.05) is 13.1 Å². The fourth-order valence-corrected chi connectivity index (χ4v) is 3.22. The normalized spacial score (nSPS) is 16.2. The van der Waals surface area contributed by atoms with Crippen LogP contribution in [0, 0.1) is 24.4 Å². The highest BCUT2D eigenvalue weighted by Gasteiger charge is 2.25. The molecule has 2 aromatic heterocycles. The fraction of sp³-hybridized carbons (Fsp3) is 0.294. The van der Waals surface area contributed by atoms with Gasteiger partial charge >= 0.3 is 0 Å². The predicted molar refractivity (Wildman–Crippen MR) is 88.6 cm³/mol. The molecule has 1 atom stereocenters. The summed E-state index contributed by atoms with van der Waals surface area (Å²) in [6.07, 6.45) is 5.11. The van der Waals surface area contributed by atoms with E-state index in [9.17, 15) is 18.0 Å². The van der Waals surface area contributed by atoms with Crippen molar-refractivity contribution in [2.75, 3.05) is 5.32 Å². The van der Waals surface area contributed by atoms with E-state index in [0.29, 0.717) is 24.9 Å². The number of hydrogen-bond donors (Lipinski definition) is 1. The number of imidazole rings is 1. The molecule has 0 bridgehead atoms. The lowest BCUT2D eigenvalue weighted by molar-refractivity contribution is 0.102. The molecule has 3 heterocycles. The average Bonchev–Trinajstić information content (AvgIpc) is 3.24. The van der Waals surface area contributed by atoms with Gasteiger partial charge in [-0.25, -0.2) is 22.8 Å². The predicted octanol–water partition coefficient (Wildman–Crippen LogP) is 2.64. The SMILES string of the molecule is Cc1nccn1C1CCc2nc(NC(=O)c3ccc(F)c(F)c3F)nn2C1. The molecule has 1 amide bonds. The maximum absolute atomic E-state index is 13.8. The van der Waals surface area contributed by atoms with E-state index in [4.69, 9.17) is 0 Å². The van der Waals surface area contributed by atoms with Gasteiger partial charge in [0.05, 0.1) is 18.2 Å². The molecule has 27 heavy (non-hydrogen) atoms. The van der Waals surface area contributed by atoms with Crippen LogP contribution in [0.1, 0.15) is 34.5 Å². The highest BCUT2D eigenvalue weighted by atomic mass is 19.2. The second-order valence-electron chi connectivity index (χ2n) is 6.29. The second kappa shape index (κ2) is 6.53. The summed E-state index contributed by atoms with van der Waals surface area (Å²) < 4.78 is 43.8. The summed E-state index contributed by atoms with van der Waals surface area (Å²) >= 11 is 0. The molecular formula is C17H15F3N6O. The van der Waals surface area contributed by atoms with Crippen molar-refractivity contribution < 1.29 is 18.0 Å². The number of aryl methyl sites for hydroxylation is 2. The molecule has 0 aliphatic carbocycles. The minimum atomic E-state index is -1.70. The van der Waals surface area contributed by atoms with Gasteiger partial charge in [0.2, 0.25) is 5.95 Å². The number of carbonyl (C=O) groups is 1. The van der Waals surface area contributed by atoms with Crippen LogP contribution in [-0.2, 0) is 13.0 Å². The smallest absolute Gasteiger partial charge is 0.261 e. The zero-order chi connectivity index (χ0) is 19.1. The number of amides is 1. The number of fused-ring (bicyclic) bond motifs is 1. The first-order valence-electron chi connectivity index (χ1n) is 8.32. The number of nitrogens with zero attached hydrogens (tertiary/aromatic N) is 5. The third kappa shape index (κ3) is 3.07. The van der Waals surface area contributed by atoms with Gasteiger partial charge in [-0.15, -0.1) is 5.10 Å². The zero-order valence-electron chi connectivity index (χ0n) is 14.3. The standard InChI is InChI=1S/C17H15F3N6O/c1-9-21-6-7-25(9)10-2-5-13-22-17(24-26(13)8-10)23-16(27)11-3-4-12(18)15(20)14(11)19/h3-4,6-7,10H,2,5,8H2,1H3,(H,23,24,27). The highest BCUT2D eigenvalue weighted by Crippen LogP contribution is 2.25. The van der Waals surface area contributed by atoms with Crippen LogP contribution in [0.15, 0.2) is 24.5 Å². The number of rotatable bonds is 3. The van der Waals surface area contributed by atoms with E-state index in [0.717, 1.165) is 18.3 Å². The van der Waals surface area contributed by atoms with Crippen LogP contribution >= 0.6 is 0 Å². The highest BCUT2D eigenvalue weighted by molar-refractivity contribution is 6.03. The monoisotopic (exact) mass is 376 g/mol. The molecule has 0 spiro atoms. The lowest BCUT2D eigenvalue weighted by Gasteiger charge is -2.24. The van der Waals surface area contributed by atoms with Crippen molar-refractivity contribution in [2.45, 2.75) is 32.4 Å². The Hall–Kier alpha value is -3.17. The molecule has 1 N–H and O–H groups in total. The van der Waals surface area contributed by atoms with E-state index >= 15 is 0 Å². The Morgan fingerprint density at radius 3 is 2.81 bits per heavy atom. The third-order valence-electron chi connectivity index (χ3n) is 4.59. The topological polar surface area (TPSA) is 77.6 Å². The van der Waals surface area contributed by atoms with Gasteiger partial charge in [0, 0.05) is 18.8 Å². The van der Waals surface area contributed by atoms with E-state index in [1.165, 1.54) is 0 Å². The first-order chi connectivity index (χ1) is 12.9. The van der Waals surface area contributed by atoms with E-state index in [2.05, 4.69) is 25.0 Å². The Morgan fingerprint density at radius 1 is 1.26 bits per heavy atom. The Morgan fingerprint density at radius 2 is 2.07 bits per heavy atom. The minimum Gasteiger partial charge on any atom is -0.330 e. The largest absolute Gasteiger partial charge is 0.330 e. The number of nitrogens with one attached hydrogen (secondary N) is 1. The first kappa shape index (κ1) is 17.3. The van der Waals surface area contributed by atoms with Gasteiger partial charge in [-0.2, -0.15) is 4.98 Å². The lowest BCUT2D eigenvalue weighted by Crippen LogP contribution is -2.24. The number of aromatic nitrogens is 5. The molecule has 7 nitrogen and oxygen atoms in total. The van der Waals surface area contributed by atoms with Crippen molar-refractivity contribution in [2.24, 2.45) is 0 Å².